The van der Waals surface area contributed by atoms with Crippen molar-refractivity contribution in [2.75, 3.05) is 13.1 Å². The molecule has 1 saturated carbocycles. The van der Waals surface area contributed by atoms with E-state index in [-0.39, 0.29) is 0 Å². The van der Waals surface area contributed by atoms with Gasteiger partial charge in [0.2, 0.25) is 0 Å². The summed E-state index contributed by atoms with van der Waals surface area (Å²) in [5.41, 5.74) is 1.74. The Morgan fingerprint density at radius 2 is 1.83 bits per heavy atom. The summed E-state index contributed by atoms with van der Waals surface area (Å²) in [5, 5.41) is 2.31. The van der Waals surface area contributed by atoms with E-state index in [4.69, 9.17) is 0 Å². The second-order valence-corrected chi connectivity index (χ2v) is 9.36. The Hall–Kier alpha value is -1.93. The van der Waals surface area contributed by atoms with E-state index in [1.54, 1.807) is 6.20 Å². The molecule has 1 aliphatic carbocycles. The van der Waals surface area contributed by atoms with Crippen LogP contribution in [-0.2, 0) is 6.18 Å². The summed E-state index contributed by atoms with van der Waals surface area (Å²) in [6.45, 7) is 2.48. The molecule has 5 rings (SSSR count). The van der Waals surface area contributed by atoms with Gasteiger partial charge in [0.1, 0.15) is 10.7 Å². The minimum atomic E-state index is -4.42. The van der Waals surface area contributed by atoms with Crippen molar-refractivity contribution in [1.29, 1.82) is 0 Å². The van der Waals surface area contributed by atoms with Gasteiger partial charge < -0.3 is 9.88 Å². The fourth-order valence-electron chi connectivity index (χ4n) is 5.01. The predicted molar refractivity (Wildman–Crippen MR) is 113 cm³/mol. The highest BCUT2D eigenvalue weighted by Gasteiger charge is 2.34. The molecule has 4 nitrogen and oxygen atoms in total. The minimum absolute atomic E-state index is 0.376. The Bertz CT molecular complexity index is 1010. The standard InChI is InChI=1S/C22H25F3N4S/c23-22(24,25)19-13-30-21(28-19)18-12-27-20-17(18)10-15(11-26-20)14-4-6-16(7-5-14)29-8-2-1-3-9-29/h10-14,16H,1-9H2,(H,26,27)/t14-,16-. The van der Waals surface area contributed by atoms with Gasteiger partial charge in [-0.3, -0.25) is 0 Å². The predicted octanol–water partition coefficient (Wildman–Crippen LogP) is 6.22. The number of alkyl halides is 3. The van der Waals surface area contributed by atoms with E-state index >= 15 is 0 Å². The number of piperidine rings is 1. The van der Waals surface area contributed by atoms with Gasteiger partial charge in [-0.05, 0) is 69.2 Å². The third kappa shape index (κ3) is 3.87. The third-order valence-corrected chi connectivity index (χ3v) is 7.53. The Morgan fingerprint density at radius 3 is 2.53 bits per heavy atom. The lowest BCUT2D eigenvalue weighted by molar-refractivity contribution is -0.140. The molecule has 1 aliphatic heterocycles. The summed E-state index contributed by atoms with van der Waals surface area (Å²) in [5.74, 6) is 0.465. The van der Waals surface area contributed by atoms with Crippen LogP contribution in [0.25, 0.3) is 21.6 Å². The fourth-order valence-corrected chi connectivity index (χ4v) is 5.86. The van der Waals surface area contributed by atoms with E-state index < -0.39 is 11.9 Å². The van der Waals surface area contributed by atoms with Crippen molar-refractivity contribution in [2.45, 2.75) is 63.1 Å². The number of hydrogen-bond donors (Lipinski definition) is 1. The number of fused-ring (bicyclic) bond motifs is 1. The van der Waals surface area contributed by atoms with Gasteiger partial charge in [0.05, 0.1) is 0 Å². The van der Waals surface area contributed by atoms with Gasteiger partial charge in [0.25, 0.3) is 0 Å². The van der Waals surface area contributed by atoms with Crippen molar-refractivity contribution in [3.05, 3.63) is 35.1 Å². The molecule has 30 heavy (non-hydrogen) atoms. The molecule has 0 radical (unpaired) electrons. The molecule has 3 aromatic rings. The number of aromatic nitrogens is 3. The van der Waals surface area contributed by atoms with E-state index in [1.165, 1.54) is 50.8 Å². The average Bonchev–Trinajstić information content (AvgIpc) is 3.41. The maximum Gasteiger partial charge on any atom is 0.434 e. The van der Waals surface area contributed by atoms with E-state index in [1.807, 2.05) is 6.20 Å². The highest BCUT2D eigenvalue weighted by Crippen LogP contribution is 2.39. The van der Waals surface area contributed by atoms with Gasteiger partial charge in [0, 0.05) is 34.8 Å². The molecular formula is C22H25F3N4S. The van der Waals surface area contributed by atoms with Gasteiger partial charge in [0.15, 0.2) is 5.69 Å². The van der Waals surface area contributed by atoms with Crippen molar-refractivity contribution in [1.82, 2.24) is 19.9 Å². The first-order valence-electron chi connectivity index (χ1n) is 10.7. The average molecular weight is 435 g/mol. The molecule has 2 aliphatic rings. The number of pyridine rings is 1. The number of H-pyrrole nitrogens is 1. The largest absolute Gasteiger partial charge is 0.434 e. The summed E-state index contributed by atoms with van der Waals surface area (Å²) < 4.78 is 38.9. The van der Waals surface area contributed by atoms with Crippen molar-refractivity contribution >= 4 is 22.4 Å². The lowest BCUT2D eigenvalue weighted by Crippen LogP contribution is -2.41. The van der Waals surface area contributed by atoms with Crippen LogP contribution in [0.1, 0.15) is 62.1 Å². The van der Waals surface area contributed by atoms with E-state index in [0.717, 1.165) is 34.9 Å². The van der Waals surface area contributed by atoms with Gasteiger partial charge in [-0.25, -0.2) is 9.97 Å². The number of nitrogens with zero attached hydrogens (tertiary/aromatic N) is 3. The summed E-state index contributed by atoms with van der Waals surface area (Å²) in [6, 6.07) is 2.81. The Morgan fingerprint density at radius 1 is 1.07 bits per heavy atom. The monoisotopic (exact) mass is 434 g/mol. The molecule has 3 aromatic heterocycles. The number of halogens is 3. The molecule has 0 unspecified atom stereocenters. The third-order valence-electron chi connectivity index (χ3n) is 6.65. The number of thiazole rings is 1. The lowest BCUT2D eigenvalue weighted by Gasteiger charge is -2.39. The topological polar surface area (TPSA) is 44.8 Å². The molecule has 0 aromatic carbocycles. The zero-order valence-corrected chi connectivity index (χ0v) is 17.5. The van der Waals surface area contributed by atoms with Crippen molar-refractivity contribution in [2.24, 2.45) is 0 Å². The summed E-state index contributed by atoms with van der Waals surface area (Å²) in [7, 11) is 0. The molecule has 0 amide bonds. The highest BCUT2D eigenvalue weighted by atomic mass is 32.1. The second kappa shape index (κ2) is 7.96. The number of nitrogens with one attached hydrogen (secondary N) is 1. The zero-order chi connectivity index (χ0) is 20.7. The minimum Gasteiger partial charge on any atom is -0.345 e. The number of rotatable bonds is 3. The maximum absolute atomic E-state index is 13.0. The molecule has 0 spiro atoms. The highest BCUT2D eigenvalue weighted by molar-refractivity contribution is 7.13. The van der Waals surface area contributed by atoms with Crippen LogP contribution in [0.3, 0.4) is 0 Å². The smallest absolute Gasteiger partial charge is 0.345 e. The maximum atomic E-state index is 13.0. The van der Waals surface area contributed by atoms with Crippen LogP contribution in [0.15, 0.2) is 23.8 Å². The number of likely N-dealkylation sites (tertiary alicyclic amines) is 1. The molecule has 1 N–H and O–H groups in total. The van der Waals surface area contributed by atoms with Crippen molar-refractivity contribution in [3.8, 4) is 10.6 Å². The first-order chi connectivity index (χ1) is 14.5. The van der Waals surface area contributed by atoms with Gasteiger partial charge in [-0.15, -0.1) is 11.3 Å². The quantitative estimate of drug-likeness (QED) is 0.532. The SMILES string of the molecule is FC(F)(F)c1csc(-c2c[nH]c3ncc([C@H]4CC[C@H](N5CCCCC5)CC4)cc23)n1. The Balaban J connectivity index is 1.35. The molecule has 1 saturated heterocycles. The normalized spacial score (nSPS) is 23.8. The summed E-state index contributed by atoms with van der Waals surface area (Å²) in [4.78, 5) is 14.1. The van der Waals surface area contributed by atoms with Crippen LogP contribution < -0.4 is 0 Å². The number of hydrogen-bond acceptors (Lipinski definition) is 4. The molecule has 4 heterocycles. The van der Waals surface area contributed by atoms with E-state index in [9.17, 15) is 13.2 Å². The first kappa shape index (κ1) is 20.0. The van der Waals surface area contributed by atoms with E-state index in [0.29, 0.717) is 28.2 Å². The molecule has 8 heteroatoms. The van der Waals surface area contributed by atoms with Crippen molar-refractivity contribution in [3.63, 3.8) is 0 Å². The summed E-state index contributed by atoms with van der Waals surface area (Å²) >= 11 is 1.02. The van der Waals surface area contributed by atoms with Crippen LogP contribution in [-0.4, -0.2) is 39.0 Å². The summed E-state index contributed by atoms with van der Waals surface area (Å²) in [6.07, 6.45) is 7.94. The molecular weight excluding hydrogens is 409 g/mol. The van der Waals surface area contributed by atoms with Gasteiger partial charge in [-0.2, -0.15) is 13.2 Å². The van der Waals surface area contributed by atoms with Gasteiger partial charge in [-0.1, -0.05) is 6.42 Å². The van der Waals surface area contributed by atoms with Crippen LogP contribution in [0, 0.1) is 0 Å². The lowest BCUT2D eigenvalue weighted by atomic mass is 9.81. The van der Waals surface area contributed by atoms with Gasteiger partial charge >= 0.3 is 6.18 Å². The van der Waals surface area contributed by atoms with Crippen LogP contribution >= 0.6 is 11.3 Å². The van der Waals surface area contributed by atoms with Crippen LogP contribution in [0.4, 0.5) is 13.2 Å². The Labute approximate surface area is 177 Å². The molecule has 0 bridgehead atoms. The van der Waals surface area contributed by atoms with Crippen LogP contribution in [0.2, 0.25) is 0 Å². The van der Waals surface area contributed by atoms with Crippen LogP contribution in [0.5, 0.6) is 0 Å². The Kier molecular flexibility index (Phi) is 5.31. The van der Waals surface area contributed by atoms with E-state index in [2.05, 4.69) is 25.9 Å². The fraction of sp³-hybridized carbons (Fsp3) is 0.545. The number of aromatic amines is 1. The van der Waals surface area contributed by atoms with Crippen molar-refractivity contribution < 1.29 is 13.2 Å². The zero-order valence-electron chi connectivity index (χ0n) is 16.7. The first-order valence-corrected chi connectivity index (χ1v) is 11.6. The molecule has 0 atom stereocenters. The molecule has 160 valence electrons. The second-order valence-electron chi connectivity index (χ2n) is 8.50. The molecule has 2 fully saturated rings.